The van der Waals surface area contributed by atoms with Crippen molar-refractivity contribution in [2.75, 3.05) is 0 Å². The molecule has 1 heterocycles. The molecule has 0 aliphatic rings. The number of carbonyl (C=O) groups is 2. The maximum Gasteiger partial charge on any atom is 1.00 e. The Morgan fingerprint density at radius 2 is 1.80 bits per heavy atom. The van der Waals surface area contributed by atoms with Gasteiger partial charge in [0.2, 0.25) is 0 Å². The topological polar surface area (TPSA) is 85.0 Å². The van der Waals surface area contributed by atoms with Crippen molar-refractivity contribution in [3.8, 4) is 0 Å². The Morgan fingerprint density at radius 1 is 1.12 bits per heavy atom. The molecule has 0 spiro atoms. The minimum atomic E-state index is -1.33. The van der Waals surface area contributed by atoms with E-state index in [4.69, 9.17) is 11.6 Å². The molecule has 0 radical (unpaired) electrons. The Labute approximate surface area is 171 Å². The molecule has 0 saturated carbocycles. The second kappa shape index (κ2) is 8.54. The largest absolute Gasteiger partial charge is 1.00 e. The predicted molar refractivity (Wildman–Crippen MR) is 89.7 cm³/mol. The fourth-order valence-electron chi connectivity index (χ4n) is 2.56. The Hall–Kier alpha value is -1.79. The van der Waals surface area contributed by atoms with Gasteiger partial charge in [0.15, 0.2) is 0 Å². The van der Waals surface area contributed by atoms with E-state index in [9.17, 15) is 14.7 Å². The summed E-state index contributed by atoms with van der Waals surface area (Å²) in [6.45, 7) is 0. The molecular weight excluding hydrogens is 351 g/mol. The van der Waals surface area contributed by atoms with E-state index in [2.05, 4.69) is 10.3 Å². The summed E-state index contributed by atoms with van der Waals surface area (Å²) in [6.07, 6.45) is 1.88. The van der Waals surface area contributed by atoms with Gasteiger partial charge < -0.3 is 20.2 Å². The zero-order valence-corrected chi connectivity index (χ0v) is 16.3. The SMILES string of the molecule is O=C(N[C@@H](Cc1c[nH]c2ccccc12)C(=O)[O-])c1ccc(Cl)cc1.[Na+]. The van der Waals surface area contributed by atoms with Gasteiger partial charge in [-0.3, -0.25) is 4.79 Å². The number of aromatic amines is 1. The van der Waals surface area contributed by atoms with Crippen molar-refractivity contribution in [1.82, 2.24) is 10.3 Å². The van der Waals surface area contributed by atoms with Crippen LogP contribution < -0.4 is 40.0 Å². The molecule has 0 saturated heterocycles. The van der Waals surface area contributed by atoms with Crippen molar-refractivity contribution in [1.29, 1.82) is 0 Å². The molecule has 0 fully saturated rings. The summed E-state index contributed by atoms with van der Waals surface area (Å²) in [5.41, 5.74) is 2.05. The smallest absolute Gasteiger partial charge is 0.548 e. The standard InChI is InChI=1S/C18H15ClN2O3.Na/c19-13-7-5-11(6-8-13)17(22)21-16(18(23)24)9-12-10-20-15-4-2-1-3-14(12)15;/h1-8,10,16,20H,9H2,(H,21,22)(H,23,24);/q;+1/p-1/t16-;/m0./s1. The second-order valence-corrected chi connectivity index (χ2v) is 5.85. The molecule has 1 aromatic heterocycles. The molecule has 0 bridgehead atoms. The number of nitrogens with one attached hydrogen (secondary N) is 2. The van der Waals surface area contributed by atoms with Gasteiger partial charge in [-0.05, 0) is 35.9 Å². The Balaban J connectivity index is 0.00000225. The van der Waals surface area contributed by atoms with Gasteiger partial charge in [-0.25, -0.2) is 0 Å². The van der Waals surface area contributed by atoms with Gasteiger partial charge in [-0.2, -0.15) is 0 Å². The van der Waals surface area contributed by atoms with Gasteiger partial charge in [0.1, 0.15) is 0 Å². The molecule has 5 nitrogen and oxygen atoms in total. The minimum Gasteiger partial charge on any atom is -0.548 e. The number of hydrogen-bond donors (Lipinski definition) is 2. The molecule has 1 amide bonds. The molecule has 2 N–H and O–H groups in total. The van der Waals surface area contributed by atoms with Gasteiger partial charge in [0.25, 0.3) is 5.91 Å². The van der Waals surface area contributed by atoms with Crippen molar-refractivity contribution >= 4 is 34.4 Å². The number of amides is 1. The summed E-state index contributed by atoms with van der Waals surface area (Å²) in [6, 6.07) is 12.7. The van der Waals surface area contributed by atoms with E-state index < -0.39 is 17.9 Å². The van der Waals surface area contributed by atoms with E-state index in [1.165, 1.54) is 12.1 Å². The third kappa shape index (κ3) is 4.64. The molecule has 7 heteroatoms. The number of carboxylic acids is 1. The maximum absolute atomic E-state index is 12.2. The number of para-hydroxylation sites is 1. The molecule has 0 aliphatic carbocycles. The van der Waals surface area contributed by atoms with Crippen LogP contribution >= 0.6 is 11.6 Å². The summed E-state index contributed by atoms with van der Waals surface area (Å²) in [7, 11) is 0. The molecule has 122 valence electrons. The van der Waals surface area contributed by atoms with E-state index in [1.54, 1.807) is 18.3 Å². The van der Waals surface area contributed by atoms with Crippen LogP contribution in [0.1, 0.15) is 15.9 Å². The van der Waals surface area contributed by atoms with Crippen molar-refractivity contribution in [3.63, 3.8) is 0 Å². The van der Waals surface area contributed by atoms with E-state index in [0.717, 1.165) is 16.5 Å². The normalized spacial score (nSPS) is 11.6. The number of aromatic nitrogens is 1. The fourth-order valence-corrected chi connectivity index (χ4v) is 2.68. The first-order valence-electron chi connectivity index (χ1n) is 7.37. The van der Waals surface area contributed by atoms with Crippen LogP contribution in [0.25, 0.3) is 10.9 Å². The summed E-state index contributed by atoms with van der Waals surface area (Å²) in [4.78, 5) is 26.7. The minimum absolute atomic E-state index is 0. The quantitative estimate of drug-likeness (QED) is 0.565. The number of fused-ring (bicyclic) bond motifs is 1. The molecule has 0 unspecified atom stereocenters. The molecule has 1 atom stereocenters. The third-order valence-electron chi connectivity index (χ3n) is 3.80. The first-order chi connectivity index (χ1) is 11.5. The Bertz CT molecular complexity index is 893. The number of benzene rings is 2. The number of hydrogen-bond acceptors (Lipinski definition) is 3. The molecule has 3 aromatic rings. The van der Waals surface area contributed by atoms with E-state index in [-0.39, 0.29) is 36.0 Å². The number of carboxylic acid groups (broad SMARTS) is 1. The average Bonchev–Trinajstić information content (AvgIpc) is 2.98. The van der Waals surface area contributed by atoms with E-state index in [1.807, 2.05) is 24.3 Å². The number of halogens is 1. The zero-order valence-electron chi connectivity index (χ0n) is 13.6. The van der Waals surface area contributed by atoms with Crippen molar-refractivity contribution in [2.24, 2.45) is 0 Å². The van der Waals surface area contributed by atoms with Gasteiger partial charge in [0, 0.05) is 34.1 Å². The zero-order chi connectivity index (χ0) is 17.1. The number of aliphatic carboxylic acids is 1. The summed E-state index contributed by atoms with van der Waals surface area (Å²) in [5.74, 6) is -1.82. The van der Waals surface area contributed by atoms with E-state index in [0.29, 0.717) is 10.6 Å². The van der Waals surface area contributed by atoms with Crippen LogP contribution in [0.4, 0.5) is 0 Å². The first kappa shape index (κ1) is 19.5. The Kier molecular flexibility index (Phi) is 6.67. The molecular formula is C18H14ClN2NaO3. The summed E-state index contributed by atoms with van der Waals surface area (Å²) < 4.78 is 0. The molecule has 2 aromatic carbocycles. The van der Waals surface area contributed by atoms with Crippen molar-refractivity contribution in [2.45, 2.75) is 12.5 Å². The van der Waals surface area contributed by atoms with Gasteiger partial charge in [-0.15, -0.1) is 0 Å². The number of carbonyl (C=O) groups excluding carboxylic acids is 2. The van der Waals surface area contributed by atoms with Gasteiger partial charge in [-0.1, -0.05) is 29.8 Å². The predicted octanol–water partition coefficient (Wildman–Crippen LogP) is -1.08. The second-order valence-electron chi connectivity index (χ2n) is 5.42. The molecule has 25 heavy (non-hydrogen) atoms. The van der Waals surface area contributed by atoms with Gasteiger partial charge in [0.05, 0.1) is 12.0 Å². The van der Waals surface area contributed by atoms with Crippen LogP contribution in [0, 0.1) is 0 Å². The summed E-state index contributed by atoms with van der Waals surface area (Å²) in [5, 5.41) is 15.3. The molecule has 3 rings (SSSR count). The van der Waals surface area contributed by atoms with Crippen LogP contribution in [-0.4, -0.2) is 22.9 Å². The number of H-pyrrole nitrogens is 1. The van der Waals surface area contributed by atoms with Crippen molar-refractivity contribution in [3.05, 3.63) is 70.9 Å². The monoisotopic (exact) mass is 364 g/mol. The van der Waals surface area contributed by atoms with Crippen LogP contribution in [0.2, 0.25) is 5.02 Å². The maximum atomic E-state index is 12.2. The Morgan fingerprint density at radius 3 is 2.48 bits per heavy atom. The van der Waals surface area contributed by atoms with Crippen LogP contribution in [0.5, 0.6) is 0 Å². The summed E-state index contributed by atoms with van der Waals surface area (Å²) >= 11 is 5.78. The van der Waals surface area contributed by atoms with Crippen LogP contribution in [-0.2, 0) is 11.2 Å². The molecule has 0 aliphatic heterocycles. The average molecular weight is 365 g/mol. The first-order valence-corrected chi connectivity index (χ1v) is 7.74. The van der Waals surface area contributed by atoms with Crippen LogP contribution in [0.3, 0.4) is 0 Å². The van der Waals surface area contributed by atoms with Crippen LogP contribution in [0.15, 0.2) is 54.7 Å². The third-order valence-corrected chi connectivity index (χ3v) is 4.05. The van der Waals surface area contributed by atoms with Gasteiger partial charge >= 0.3 is 29.6 Å². The fraction of sp³-hybridized carbons (Fsp3) is 0.111. The van der Waals surface area contributed by atoms with Crippen molar-refractivity contribution < 1.29 is 44.3 Å². The number of rotatable bonds is 5. The van der Waals surface area contributed by atoms with E-state index >= 15 is 0 Å².